The van der Waals surface area contributed by atoms with Crippen molar-refractivity contribution in [2.45, 2.75) is 0 Å². The van der Waals surface area contributed by atoms with Gasteiger partial charge in [-0.2, -0.15) is 0 Å². The van der Waals surface area contributed by atoms with Crippen LogP contribution in [0.15, 0.2) is 66.4 Å². The average Bonchev–Trinajstić information content (AvgIpc) is 3.31. The Labute approximate surface area is 201 Å². The SMILES string of the molecule is COc1ccc(NC(=O)/C(=C\c2ccc3c(c2)OCO3)NC(=O)c2ccccc2Cl)cc1OC. The Morgan fingerprint density at radius 1 is 0.941 bits per heavy atom. The van der Waals surface area contributed by atoms with Crippen molar-refractivity contribution in [2.75, 3.05) is 26.3 Å². The molecule has 1 aliphatic heterocycles. The Balaban J connectivity index is 1.65. The molecular formula is C25H21ClN2O6. The number of anilines is 1. The number of halogens is 1. The number of carbonyl (C=O) groups is 2. The molecule has 174 valence electrons. The molecule has 0 saturated heterocycles. The lowest BCUT2D eigenvalue weighted by Crippen LogP contribution is -2.31. The maximum Gasteiger partial charge on any atom is 0.272 e. The third-order valence-corrected chi connectivity index (χ3v) is 5.29. The van der Waals surface area contributed by atoms with Gasteiger partial charge in [0.2, 0.25) is 6.79 Å². The minimum Gasteiger partial charge on any atom is -0.493 e. The van der Waals surface area contributed by atoms with E-state index in [9.17, 15) is 9.59 Å². The number of amides is 2. The van der Waals surface area contributed by atoms with Crippen molar-refractivity contribution in [3.63, 3.8) is 0 Å². The van der Waals surface area contributed by atoms with Gasteiger partial charge in [0.1, 0.15) is 5.70 Å². The van der Waals surface area contributed by atoms with E-state index >= 15 is 0 Å². The Morgan fingerprint density at radius 2 is 1.71 bits per heavy atom. The summed E-state index contributed by atoms with van der Waals surface area (Å²) in [5.74, 6) is 1.04. The topological polar surface area (TPSA) is 95.1 Å². The van der Waals surface area contributed by atoms with E-state index in [1.807, 2.05) is 0 Å². The van der Waals surface area contributed by atoms with Crippen molar-refractivity contribution < 1.29 is 28.5 Å². The number of hydrogen-bond acceptors (Lipinski definition) is 6. The molecule has 1 heterocycles. The van der Waals surface area contributed by atoms with Gasteiger partial charge in [0.25, 0.3) is 11.8 Å². The van der Waals surface area contributed by atoms with E-state index in [0.717, 1.165) is 0 Å². The Morgan fingerprint density at radius 3 is 2.47 bits per heavy atom. The highest BCUT2D eigenvalue weighted by atomic mass is 35.5. The number of carbonyl (C=O) groups excluding carboxylic acids is 2. The minimum absolute atomic E-state index is 0.00132. The van der Waals surface area contributed by atoms with Crippen molar-refractivity contribution in [2.24, 2.45) is 0 Å². The largest absolute Gasteiger partial charge is 0.493 e. The van der Waals surface area contributed by atoms with Gasteiger partial charge in [-0.25, -0.2) is 0 Å². The molecule has 0 spiro atoms. The van der Waals surface area contributed by atoms with Crippen LogP contribution in [0.4, 0.5) is 5.69 Å². The Bertz CT molecular complexity index is 1270. The van der Waals surface area contributed by atoms with Crippen LogP contribution in [0.5, 0.6) is 23.0 Å². The fourth-order valence-corrected chi connectivity index (χ4v) is 3.50. The highest BCUT2D eigenvalue weighted by Crippen LogP contribution is 2.33. The second kappa shape index (κ2) is 10.2. The van der Waals surface area contributed by atoms with E-state index in [2.05, 4.69) is 10.6 Å². The third kappa shape index (κ3) is 5.07. The van der Waals surface area contributed by atoms with Crippen molar-refractivity contribution in [3.05, 3.63) is 82.5 Å². The van der Waals surface area contributed by atoms with Gasteiger partial charge in [0, 0.05) is 11.8 Å². The van der Waals surface area contributed by atoms with Crippen molar-refractivity contribution in [1.82, 2.24) is 5.32 Å². The molecule has 2 N–H and O–H groups in total. The van der Waals surface area contributed by atoms with Crippen LogP contribution < -0.4 is 29.6 Å². The zero-order valence-corrected chi connectivity index (χ0v) is 19.1. The maximum absolute atomic E-state index is 13.2. The summed E-state index contributed by atoms with van der Waals surface area (Å²) in [7, 11) is 3.02. The van der Waals surface area contributed by atoms with Gasteiger partial charge in [-0.1, -0.05) is 29.8 Å². The number of methoxy groups -OCH3 is 2. The van der Waals surface area contributed by atoms with Gasteiger partial charge in [0.15, 0.2) is 23.0 Å². The molecule has 34 heavy (non-hydrogen) atoms. The summed E-state index contributed by atoms with van der Waals surface area (Å²) >= 11 is 6.16. The van der Waals surface area contributed by atoms with Gasteiger partial charge in [0.05, 0.1) is 24.8 Å². The smallest absolute Gasteiger partial charge is 0.272 e. The van der Waals surface area contributed by atoms with Crippen LogP contribution in [0, 0.1) is 0 Å². The van der Waals surface area contributed by atoms with Crippen LogP contribution in [0.25, 0.3) is 6.08 Å². The first-order valence-electron chi connectivity index (χ1n) is 10.2. The highest BCUT2D eigenvalue weighted by Gasteiger charge is 2.19. The lowest BCUT2D eigenvalue weighted by atomic mass is 10.1. The van der Waals surface area contributed by atoms with Crippen molar-refractivity contribution in [3.8, 4) is 23.0 Å². The number of rotatable bonds is 7. The van der Waals surface area contributed by atoms with E-state index in [0.29, 0.717) is 34.2 Å². The lowest BCUT2D eigenvalue weighted by molar-refractivity contribution is -0.113. The van der Waals surface area contributed by atoms with Crippen LogP contribution in [0.1, 0.15) is 15.9 Å². The van der Waals surface area contributed by atoms with E-state index in [1.54, 1.807) is 60.7 Å². The van der Waals surface area contributed by atoms with Gasteiger partial charge in [-0.3, -0.25) is 9.59 Å². The Kier molecular flexibility index (Phi) is 6.89. The van der Waals surface area contributed by atoms with Crippen LogP contribution in [0.3, 0.4) is 0 Å². The molecule has 0 atom stereocenters. The molecule has 0 saturated carbocycles. The summed E-state index contributed by atoms with van der Waals surface area (Å²) in [5, 5.41) is 5.69. The first kappa shape index (κ1) is 23.0. The van der Waals surface area contributed by atoms with Gasteiger partial charge in [-0.15, -0.1) is 0 Å². The molecule has 0 radical (unpaired) electrons. The monoisotopic (exact) mass is 480 g/mol. The van der Waals surface area contributed by atoms with Crippen LogP contribution in [0.2, 0.25) is 5.02 Å². The molecule has 8 nitrogen and oxygen atoms in total. The molecule has 0 aromatic heterocycles. The van der Waals surface area contributed by atoms with Crippen LogP contribution in [-0.2, 0) is 4.79 Å². The molecule has 0 aliphatic carbocycles. The molecule has 9 heteroatoms. The quantitative estimate of drug-likeness (QED) is 0.484. The lowest BCUT2D eigenvalue weighted by Gasteiger charge is -2.14. The zero-order chi connectivity index (χ0) is 24.1. The predicted octanol–water partition coefficient (Wildman–Crippen LogP) is 4.50. The van der Waals surface area contributed by atoms with E-state index in [4.69, 9.17) is 30.5 Å². The first-order chi connectivity index (χ1) is 16.5. The second-order valence-corrected chi connectivity index (χ2v) is 7.54. The number of hydrogen-bond donors (Lipinski definition) is 2. The van der Waals surface area contributed by atoms with Gasteiger partial charge >= 0.3 is 0 Å². The average molecular weight is 481 g/mol. The Hall–Kier alpha value is -4.17. The first-order valence-corrected chi connectivity index (χ1v) is 10.6. The van der Waals surface area contributed by atoms with Crippen LogP contribution in [-0.4, -0.2) is 32.8 Å². The van der Waals surface area contributed by atoms with E-state index < -0.39 is 11.8 Å². The third-order valence-electron chi connectivity index (χ3n) is 4.96. The van der Waals surface area contributed by atoms with Crippen molar-refractivity contribution in [1.29, 1.82) is 0 Å². The number of ether oxygens (including phenoxy) is 4. The van der Waals surface area contributed by atoms with Gasteiger partial charge in [-0.05, 0) is 48.0 Å². The molecule has 0 fully saturated rings. The maximum atomic E-state index is 13.2. The summed E-state index contributed by atoms with van der Waals surface area (Å²) in [5.41, 5.74) is 1.31. The standard InChI is InChI=1S/C25H21ClN2O6/c1-31-20-10-8-16(13-22(20)32-2)27-25(30)19(28-24(29)17-5-3-4-6-18(17)26)11-15-7-9-21-23(12-15)34-14-33-21/h3-13H,14H2,1-2H3,(H,27,30)(H,28,29)/b19-11+. The number of benzene rings is 3. The van der Waals surface area contributed by atoms with Crippen LogP contribution >= 0.6 is 11.6 Å². The van der Waals surface area contributed by atoms with Crippen molar-refractivity contribution >= 4 is 35.2 Å². The molecule has 3 aromatic rings. The molecule has 2 amide bonds. The van der Waals surface area contributed by atoms with Gasteiger partial charge < -0.3 is 29.6 Å². The predicted molar refractivity (Wildman–Crippen MR) is 128 cm³/mol. The number of fused-ring (bicyclic) bond motifs is 1. The fraction of sp³-hybridized carbons (Fsp3) is 0.120. The summed E-state index contributed by atoms with van der Waals surface area (Å²) in [6.45, 7) is 0.123. The summed E-state index contributed by atoms with van der Waals surface area (Å²) in [6.07, 6.45) is 1.53. The summed E-state index contributed by atoms with van der Waals surface area (Å²) in [4.78, 5) is 26.1. The molecular weight excluding hydrogens is 460 g/mol. The molecule has 0 unspecified atom stereocenters. The molecule has 0 bridgehead atoms. The molecule has 4 rings (SSSR count). The number of nitrogens with one attached hydrogen (secondary N) is 2. The van der Waals surface area contributed by atoms with E-state index in [1.165, 1.54) is 20.3 Å². The molecule has 1 aliphatic rings. The summed E-state index contributed by atoms with van der Waals surface area (Å²) < 4.78 is 21.3. The van der Waals surface area contributed by atoms with E-state index in [-0.39, 0.29) is 23.1 Å². The molecule has 3 aromatic carbocycles. The highest BCUT2D eigenvalue weighted by molar-refractivity contribution is 6.34. The normalized spacial score (nSPS) is 12.1. The summed E-state index contributed by atoms with van der Waals surface area (Å²) in [6, 6.07) is 16.7. The second-order valence-electron chi connectivity index (χ2n) is 7.13. The fourth-order valence-electron chi connectivity index (χ4n) is 3.28. The zero-order valence-electron chi connectivity index (χ0n) is 18.4. The minimum atomic E-state index is -0.551.